The lowest BCUT2D eigenvalue weighted by molar-refractivity contribution is -0.169. The number of aliphatic hydroxyl groups excluding tert-OH is 3. The van der Waals surface area contributed by atoms with E-state index < -0.39 is 31.2 Å². The van der Waals surface area contributed by atoms with Crippen molar-refractivity contribution in [3.63, 3.8) is 0 Å². The number of nitrogens with zero attached hydrogens (tertiary/aromatic N) is 4. The summed E-state index contributed by atoms with van der Waals surface area (Å²) in [4.78, 5) is 17.3. The number of aromatic nitrogens is 4. The second-order valence-corrected chi connectivity index (χ2v) is 4.65. The highest BCUT2D eigenvalue weighted by Crippen LogP contribution is 2.24. The standard InChI is InChI=1S/C11H15N5O6/c1-20-9-5-8(14-11(12)15-9)16(3-13-5)22-10-7(19)6(18)4(2-17)21-10/h3-4,6-7,10,17-19H,2H2,1H3,(H2,12,14,15)/t4-,6-,7+,10+/m1/s1. The van der Waals surface area contributed by atoms with Gasteiger partial charge in [0.05, 0.1) is 13.7 Å². The fourth-order valence-electron chi connectivity index (χ4n) is 2.15. The van der Waals surface area contributed by atoms with Gasteiger partial charge in [0.1, 0.15) is 24.6 Å². The van der Waals surface area contributed by atoms with E-state index >= 15 is 0 Å². The number of nitrogen functional groups attached to an aromatic ring is 1. The molecule has 0 bridgehead atoms. The minimum atomic E-state index is -1.34. The number of hydrogen-bond donors (Lipinski definition) is 4. The number of methoxy groups -OCH3 is 1. The van der Waals surface area contributed by atoms with Gasteiger partial charge in [-0.1, -0.05) is 0 Å². The zero-order chi connectivity index (χ0) is 15.9. The summed E-state index contributed by atoms with van der Waals surface area (Å²) in [6, 6.07) is 0. The molecule has 11 heteroatoms. The Balaban J connectivity index is 1.90. The molecule has 22 heavy (non-hydrogen) atoms. The van der Waals surface area contributed by atoms with Crippen LogP contribution in [0.3, 0.4) is 0 Å². The molecule has 0 radical (unpaired) electrons. The first-order valence-corrected chi connectivity index (χ1v) is 6.39. The maximum atomic E-state index is 9.86. The topological polar surface area (TPSA) is 158 Å². The molecule has 0 aromatic carbocycles. The van der Waals surface area contributed by atoms with Crippen molar-refractivity contribution in [2.75, 3.05) is 19.5 Å². The van der Waals surface area contributed by atoms with E-state index in [-0.39, 0.29) is 17.5 Å². The Morgan fingerprint density at radius 3 is 2.77 bits per heavy atom. The predicted molar refractivity (Wildman–Crippen MR) is 70.6 cm³/mol. The number of fused-ring (bicyclic) bond motifs is 1. The van der Waals surface area contributed by atoms with E-state index in [9.17, 15) is 10.2 Å². The molecule has 1 aliphatic rings. The second kappa shape index (κ2) is 5.53. The van der Waals surface area contributed by atoms with Crippen LogP contribution in [0, 0.1) is 0 Å². The first-order valence-electron chi connectivity index (χ1n) is 6.39. The fraction of sp³-hybridized carbons (Fsp3) is 0.545. The van der Waals surface area contributed by atoms with E-state index in [1.54, 1.807) is 0 Å². The summed E-state index contributed by atoms with van der Waals surface area (Å²) in [6.07, 6.45) is -3.47. The van der Waals surface area contributed by atoms with Crippen LogP contribution < -0.4 is 15.3 Å². The normalized spacial score (nSPS) is 28.2. The Hall–Kier alpha value is -2.21. The smallest absolute Gasteiger partial charge is 0.254 e. The van der Waals surface area contributed by atoms with Gasteiger partial charge in [-0.15, -0.1) is 4.73 Å². The summed E-state index contributed by atoms with van der Waals surface area (Å²) in [5, 5.41) is 28.6. The molecule has 5 N–H and O–H groups in total. The molecule has 0 saturated carbocycles. The molecule has 1 saturated heterocycles. The fourth-order valence-corrected chi connectivity index (χ4v) is 2.15. The molecule has 2 aromatic rings. The highest BCUT2D eigenvalue weighted by Gasteiger charge is 2.44. The molecule has 4 atom stereocenters. The van der Waals surface area contributed by atoms with Crippen molar-refractivity contribution in [3.8, 4) is 5.88 Å². The lowest BCUT2D eigenvalue weighted by Gasteiger charge is -2.16. The van der Waals surface area contributed by atoms with Gasteiger partial charge in [0.2, 0.25) is 17.5 Å². The molecule has 0 unspecified atom stereocenters. The molecule has 120 valence electrons. The maximum Gasteiger partial charge on any atom is 0.254 e. The van der Waals surface area contributed by atoms with Crippen LogP contribution in [0.1, 0.15) is 0 Å². The van der Waals surface area contributed by atoms with Crippen LogP contribution in [0.15, 0.2) is 6.33 Å². The molecule has 1 aliphatic heterocycles. The summed E-state index contributed by atoms with van der Waals surface area (Å²) in [7, 11) is 1.41. The predicted octanol–water partition coefficient (Wildman–Crippen LogP) is -2.72. The van der Waals surface area contributed by atoms with Gasteiger partial charge < -0.3 is 35.4 Å². The van der Waals surface area contributed by atoms with Crippen LogP contribution in [0.25, 0.3) is 11.2 Å². The SMILES string of the molecule is COc1nc(N)nc2c1ncn2O[C@@H]1O[C@H](CO)[C@@H](O)[C@@H]1O. The Bertz CT molecular complexity index is 678. The first kappa shape index (κ1) is 14.7. The van der Waals surface area contributed by atoms with Gasteiger partial charge in [-0.2, -0.15) is 9.97 Å². The Kier molecular flexibility index (Phi) is 3.70. The highest BCUT2D eigenvalue weighted by atomic mass is 16.8. The van der Waals surface area contributed by atoms with Crippen molar-refractivity contribution in [3.05, 3.63) is 6.33 Å². The molecule has 1 fully saturated rings. The minimum absolute atomic E-state index is 0.0455. The van der Waals surface area contributed by atoms with Gasteiger partial charge in [-0.25, -0.2) is 4.98 Å². The zero-order valence-corrected chi connectivity index (χ0v) is 11.5. The Labute approximate surface area is 123 Å². The second-order valence-electron chi connectivity index (χ2n) is 4.65. The van der Waals surface area contributed by atoms with Crippen molar-refractivity contribution in [1.29, 1.82) is 0 Å². The maximum absolute atomic E-state index is 9.86. The molecule has 3 heterocycles. The van der Waals surface area contributed by atoms with Crippen LogP contribution in [0.5, 0.6) is 5.88 Å². The Morgan fingerprint density at radius 2 is 2.14 bits per heavy atom. The molecule has 0 amide bonds. The first-order chi connectivity index (χ1) is 10.5. The van der Waals surface area contributed by atoms with Crippen molar-refractivity contribution >= 4 is 17.1 Å². The van der Waals surface area contributed by atoms with E-state index in [2.05, 4.69) is 15.0 Å². The van der Waals surface area contributed by atoms with Crippen LogP contribution in [0.2, 0.25) is 0 Å². The van der Waals surface area contributed by atoms with Gasteiger partial charge in [0, 0.05) is 0 Å². The Morgan fingerprint density at radius 1 is 1.36 bits per heavy atom. The van der Waals surface area contributed by atoms with E-state index in [0.29, 0.717) is 5.52 Å². The number of rotatable bonds is 4. The third-order valence-corrected chi connectivity index (χ3v) is 3.26. The number of nitrogens with two attached hydrogens (primary N) is 1. The van der Waals surface area contributed by atoms with Crippen LogP contribution in [-0.4, -0.2) is 73.3 Å². The largest absolute Gasteiger partial charge is 0.479 e. The molecule has 2 aromatic heterocycles. The molecule has 0 aliphatic carbocycles. The number of hydrogen-bond acceptors (Lipinski definition) is 10. The lowest BCUT2D eigenvalue weighted by Crippen LogP contribution is -2.38. The molecule has 0 spiro atoms. The zero-order valence-electron chi connectivity index (χ0n) is 11.5. The highest BCUT2D eigenvalue weighted by molar-refractivity contribution is 5.77. The van der Waals surface area contributed by atoms with Gasteiger partial charge in [0.15, 0.2) is 5.52 Å². The summed E-state index contributed by atoms with van der Waals surface area (Å²) in [5.74, 6) is 0.127. The molecule has 11 nitrogen and oxygen atoms in total. The summed E-state index contributed by atoms with van der Waals surface area (Å²) >= 11 is 0. The average Bonchev–Trinajstić information content (AvgIpc) is 3.03. The van der Waals surface area contributed by atoms with Crippen molar-refractivity contribution in [2.24, 2.45) is 0 Å². The van der Waals surface area contributed by atoms with E-state index in [1.807, 2.05) is 0 Å². The van der Waals surface area contributed by atoms with Gasteiger partial charge >= 0.3 is 0 Å². The van der Waals surface area contributed by atoms with Crippen molar-refractivity contribution in [2.45, 2.75) is 24.6 Å². The summed E-state index contributed by atoms with van der Waals surface area (Å²) in [5.41, 5.74) is 6.10. The van der Waals surface area contributed by atoms with Crippen LogP contribution in [-0.2, 0) is 4.74 Å². The molecule has 3 rings (SSSR count). The monoisotopic (exact) mass is 313 g/mol. The average molecular weight is 313 g/mol. The number of anilines is 1. The lowest BCUT2D eigenvalue weighted by atomic mass is 10.1. The number of imidazole rings is 1. The van der Waals surface area contributed by atoms with E-state index in [0.717, 1.165) is 4.73 Å². The van der Waals surface area contributed by atoms with Crippen LogP contribution >= 0.6 is 0 Å². The number of ether oxygens (including phenoxy) is 2. The van der Waals surface area contributed by atoms with E-state index in [4.69, 9.17) is 25.2 Å². The summed E-state index contributed by atoms with van der Waals surface area (Å²) in [6.45, 7) is -0.453. The minimum Gasteiger partial charge on any atom is -0.479 e. The molecular weight excluding hydrogens is 298 g/mol. The van der Waals surface area contributed by atoms with Gasteiger partial charge in [-0.05, 0) is 0 Å². The third kappa shape index (κ3) is 2.29. The van der Waals surface area contributed by atoms with Crippen LogP contribution in [0.4, 0.5) is 5.95 Å². The van der Waals surface area contributed by atoms with E-state index in [1.165, 1.54) is 13.4 Å². The third-order valence-electron chi connectivity index (χ3n) is 3.26. The van der Waals surface area contributed by atoms with Crippen molar-refractivity contribution < 1.29 is 29.6 Å². The number of aliphatic hydroxyl groups is 3. The summed E-state index contributed by atoms with van der Waals surface area (Å²) < 4.78 is 11.4. The van der Waals surface area contributed by atoms with Crippen molar-refractivity contribution in [1.82, 2.24) is 19.7 Å². The quantitative estimate of drug-likeness (QED) is 0.467. The molecular formula is C11H15N5O6. The van der Waals surface area contributed by atoms with Gasteiger partial charge in [0.25, 0.3) is 6.29 Å². The van der Waals surface area contributed by atoms with Gasteiger partial charge in [-0.3, -0.25) is 0 Å².